The van der Waals surface area contributed by atoms with Crippen molar-refractivity contribution in [2.45, 2.75) is 18.9 Å². The Bertz CT molecular complexity index is 489. The van der Waals surface area contributed by atoms with Crippen LogP contribution in [0.3, 0.4) is 0 Å². The van der Waals surface area contributed by atoms with E-state index in [0.717, 1.165) is 6.07 Å². The van der Waals surface area contributed by atoms with Crippen LogP contribution in [0.15, 0.2) is 12.1 Å². The molecule has 3 N–H and O–H groups in total. The Hall–Kier alpha value is -1.73. The van der Waals surface area contributed by atoms with E-state index in [9.17, 15) is 19.6 Å². The van der Waals surface area contributed by atoms with E-state index in [1.165, 1.54) is 0 Å². The van der Waals surface area contributed by atoms with E-state index in [1.807, 2.05) is 0 Å². The standard InChI is InChI=1S/C12H15FN2O4/c13-10-6-8(15(17)18)5-9(12(10)16)11(14)7-1-3-19-4-2-7/h5-7,11,16H,1-4,14H2/t11-/m0/s1. The molecule has 6 nitrogen and oxygen atoms in total. The minimum absolute atomic E-state index is 0.0149. The van der Waals surface area contributed by atoms with E-state index in [1.54, 1.807) is 0 Å². The summed E-state index contributed by atoms with van der Waals surface area (Å²) >= 11 is 0. The van der Waals surface area contributed by atoms with Gasteiger partial charge in [-0.25, -0.2) is 4.39 Å². The van der Waals surface area contributed by atoms with Crippen molar-refractivity contribution in [1.82, 2.24) is 0 Å². The van der Waals surface area contributed by atoms with E-state index < -0.39 is 28.2 Å². The zero-order valence-corrected chi connectivity index (χ0v) is 10.2. The van der Waals surface area contributed by atoms with E-state index in [2.05, 4.69) is 0 Å². The summed E-state index contributed by atoms with van der Waals surface area (Å²) in [5.41, 5.74) is 5.68. The molecule has 0 spiro atoms. The van der Waals surface area contributed by atoms with Crippen LogP contribution < -0.4 is 5.73 Å². The van der Waals surface area contributed by atoms with Crippen molar-refractivity contribution in [3.8, 4) is 5.75 Å². The van der Waals surface area contributed by atoms with Crippen molar-refractivity contribution in [2.24, 2.45) is 11.7 Å². The summed E-state index contributed by atoms with van der Waals surface area (Å²) < 4.78 is 18.7. The largest absolute Gasteiger partial charge is 0.505 e. The number of nitrogens with two attached hydrogens (primary N) is 1. The van der Waals surface area contributed by atoms with Crippen LogP contribution in [0, 0.1) is 21.8 Å². The molecule has 1 aromatic carbocycles. The predicted octanol–water partition coefficient (Wildman–Crippen LogP) is 1.87. The minimum atomic E-state index is -1.02. The SMILES string of the molecule is N[C@H](c1cc([N+](=O)[O-])cc(F)c1O)C1CCOCC1. The molecule has 0 unspecified atom stereocenters. The number of non-ortho nitro benzene ring substituents is 1. The molecule has 1 heterocycles. The summed E-state index contributed by atoms with van der Waals surface area (Å²) in [5.74, 6) is -1.61. The maximum Gasteiger partial charge on any atom is 0.272 e. The maximum atomic E-state index is 13.5. The highest BCUT2D eigenvalue weighted by Crippen LogP contribution is 2.36. The molecule has 1 fully saturated rings. The van der Waals surface area contributed by atoms with E-state index in [0.29, 0.717) is 32.1 Å². The van der Waals surface area contributed by atoms with Gasteiger partial charge in [0.1, 0.15) is 0 Å². The highest BCUT2D eigenvalue weighted by atomic mass is 19.1. The smallest absolute Gasteiger partial charge is 0.272 e. The molecular formula is C12H15FN2O4. The molecule has 104 valence electrons. The molecule has 0 aliphatic carbocycles. The molecule has 0 amide bonds. The average molecular weight is 270 g/mol. The third kappa shape index (κ3) is 2.82. The van der Waals surface area contributed by atoms with Crippen molar-refractivity contribution >= 4 is 5.69 Å². The number of hydrogen-bond donors (Lipinski definition) is 2. The molecule has 0 radical (unpaired) electrons. The molecule has 1 atom stereocenters. The molecule has 0 saturated carbocycles. The molecule has 7 heteroatoms. The first kappa shape index (κ1) is 13.7. The first-order valence-electron chi connectivity index (χ1n) is 6.01. The van der Waals surface area contributed by atoms with Gasteiger partial charge in [-0.1, -0.05) is 0 Å². The minimum Gasteiger partial charge on any atom is -0.505 e. The Balaban J connectivity index is 2.34. The lowest BCUT2D eigenvalue weighted by molar-refractivity contribution is -0.385. The van der Waals surface area contributed by atoms with Crippen LogP contribution in [0.2, 0.25) is 0 Å². The number of phenolic OH excluding ortho intramolecular Hbond substituents is 1. The molecule has 1 aromatic rings. The highest BCUT2D eigenvalue weighted by Gasteiger charge is 2.27. The van der Waals surface area contributed by atoms with Crippen LogP contribution in [0.25, 0.3) is 0 Å². The monoisotopic (exact) mass is 270 g/mol. The average Bonchev–Trinajstić information content (AvgIpc) is 2.41. The lowest BCUT2D eigenvalue weighted by Gasteiger charge is -2.28. The zero-order valence-electron chi connectivity index (χ0n) is 10.2. The molecule has 1 aliphatic heterocycles. The fourth-order valence-electron chi connectivity index (χ4n) is 2.29. The number of benzene rings is 1. The van der Waals surface area contributed by atoms with Gasteiger partial charge in [-0.05, 0) is 18.8 Å². The van der Waals surface area contributed by atoms with Crippen molar-refractivity contribution in [3.63, 3.8) is 0 Å². The Morgan fingerprint density at radius 1 is 1.47 bits per heavy atom. The number of halogens is 1. The van der Waals surface area contributed by atoms with Crippen LogP contribution in [0.4, 0.5) is 10.1 Å². The first-order valence-corrected chi connectivity index (χ1v) is 6.01. The Labute approximate surface area is 109 Å². The van der Waals surface area contributed by atoms with Gasteiger partial charge in [-0.3, -0.25) is 10.1 Å². The number of hydrogen-bond acceptors (Lipinski definition) is 5. The maximum absolute atomic E-state index is 13.5. The van der Waals surface area contributed by atoms with Crippen LogP contribution >= 0.6 is 0 Å². The van der Waals surface area contributed by atoms with Crippen LogP contribution in [-0.2, 0) is 4.74 Å². The van der Waals surface area contributed by atoms with Crippen LogP contribution in [-0.4, -0.2) is 23.2 Å². The summed E-state index contributed by atoms with van der Waals surface area (Å²) in [4.78, 5) is 10.0. The summed E-state index contributed by atoms with van der Waals surface area (Å²) in [6, 6.07) is 1.19. The van der Waals surface area contributed by atoms with Gasteiger partial charge in [0.2, 0.25) is 0 Å². The van der Waals surface area contributed by atoms with E-state index in [-0.39, 0.29) is 11.5 Å². The van der Waals surface area contributed by atoms with Gasteiger partial charge in [-0.15, -0.1) is 0 Å². The third-order valence-corrected chi connectivity index (χ3v) is 3.42. The predicted molar refractivity (Wildman–Crippen MR) is 65.2 cm³/mol. The number of nitro benzene ring substituents is 1. The van der Waals surface area contributed by atoms with Gasteiger partial charge in [0.25, 0.3) is 5.69 Å². The summed E-state index contributed by atoms with van der Waals surface area (Å²) in [5, 5.41) is 20.4. The van der Waals surface area contributed by atoms with Crippen molar-refractivity contribution in [1.29, 1.82) is 0 Å². The topological polar surface area (TPSA) is 98.6 Å². The van der Waals surface area contributed by atoms with E-state index in [4.69, 9.17) is 10.5 Å². The highest BCUT2D eigenvalue weighted by molar-refractivity contribution is 5.46. The number of ether oxygens (including phenoxy) is 1. The third-order valence-electron chi connectivity index (χ3n) is 3.42. The Kier molecular flexibility index (Phi) is 3.96. The summed E-state index contributed by atoms with van der Waals surface area (Å²) in [7, 11) is 0. The van der Waals surface area contributed by atoms with Crippen LogP contribution in [0.1, 0.15) is 24.4 Å². The Morgan fingerprint density at radius 3 is 2.68 bits per heavy atom. The molecule has 1 saturated heterocycles. The summed E-state index contributed by atoms with van der Waals surface area (Å²) in [6.45, 7) is 1.10. The number of nitro groups is 1. The fourth-order valence-corrected chi connectivity index (χ4v) is 2.29. The summed E-state index contributed by atoms with van der Waals surface area (Å²) in [6.07, 6.45) is 1.37. The van der Waals surface area contributed by atoms with E-state index >= 15 is 0 Å². The van der Waals surface area contributed by atoms with Crippen molar-refractivity contribution in [3.05, 3.63) is 33.6 Å². The van der Waals surface area contributed by atoms with Crippen LogP contribution in [0.5, 0.6) is 5.75 Å². The zero-order chi connectivity index (χ0) is 14.0. The van der Waals surface area contributed by atoms with Gasteiger partial charge in [0.15, 0.2) is 11.6 Å². The number of phenols is 1. The quantitative estimate of drug-likeness (QED) is 0.645. The van der Waals surface area contributed by atoms with Gasteiger partial charge < -0.3 is 15.6 Å². The second-order valence-corrected chi connectivity index (χ2v) is 4.60. The van der Waals surface area contributed by atoms with Crippen molar-refractivity contribution < 1.29 is 19.2 Å². The van der Waals surface area contributed by atoms with Gasteiger partial charge in [-0.2, -0.15) is 0 Å². The Morgan fingerprint density at radius 2 is 2.11 bits per heavy atom. The second-order valence-electron chi connectivity index (χ2n) is 4.60. The van der Waals surface area contributed by atoms with Gasteiger partial charge >= 0.3 is 0 Å². The molecule has 2 rings (SSSR count). The number of rotatable bonds is 3. The molecule has 0 aromatic heterocycles. The number of aromatic hydroxyl groups is 1. The number of nitrogens with zero attached hydrogens (tertiary/aromatic N) is 1. The molecular weight excluding hydrogens is 255 g/mol. The van der Waals surface area contributed by atoms with Crippen molar-refractivity contribution in [2.75, 3.05) is 13.2 Å². The van der Waals surface area contributed by atoms with Gasteiger partial charge in [0, 0.05) is 30.9 Å². The lowest BCUT2D eigenvalue weighted by atomic mass is 9.87. The molecule has 1 aliphatic rings. The lowest BCUT2D eigenvalue weighted by Crippen LogP contribution is -2.27. The normalized spacial score (nSPS) is 18.2. The first-order chi connectivity index (χ1) is 9.00. The second kappa shape index (κ2) is 5.50. The molecule has 19 heavy (non-hydrogen) atoms. The fraction of sp³-hybridized carbons (Fsp3) is 0.500. The van der Waals surface area contributed by atoms with Gasteiger partial charge in [0.05, 0.1) is 11.0 Å². The molecule has 0 bridgehead atoms.